The lowest BCUT2D eigenvalue weighted by atomic mass is 10.1. The number of rotatable bonds is 7. The second-order valence-corrected chi connectivity index (χ2v) is 10.0. The maximum atomic E-state index is 13.0. The highest BCUT2D eigenvalue weighted by molar-refractivity contribution is 9.10. The number of benzene rings is 4. The van der Waals surface area contributed by atoms with Crippen molar-refractivity contribution >= 4 is 49.3 Å². The molecular weight excluding hydrogens is 514 g/mol. The summed E-state index contributed by atoms with van der Waals surface area (Å²) >= 11 is 3.60. The molecule has 0 aliphatic carbocycles. The van der Waals surface area contributed by atoms with Gasteiger partial charge in [0.2, 0.25) is 5.91 Å². The van der Waals surface area contributed by atoms with Crippen LogP contribution in [0.2, 0.25) is 0 Å². The van der Waals surface area contributed by atoms with Crippen LogP contribution < -0.4 is 9.64 Å². The quantitative estimate of drug-likeness (QED) is 0.210. The summed E-state index contributed by atoms with van der Waals surface area (Å²) < 4.78 is 9.30. The van der Waals surface area contributed by atoms with E-state index in [2.05, 4.69) is 50.8 Å². The molecule has 6 rings (SSSR count). The SMILES string of the molecule is O=C1CC(c2nc3ccccc3n2CCCOc2ccc3ccccc3c2)CN1c1ccccc1Br. The van der Waals surface area contributed by atoms with Crippen LogP contribution in [0.1, 0.15) is 24.6 Å². The predicted molar refractivity (Wildman–Crippen MR) is 148 cm³/mol. The van der Waals surface area contributed by atoms with Crippen LogP contribution in [0.3, 0.4) is 0 Å². The van der Waals surface area contributed by atoms with Crippen LogP contribution in [0.4, 0.5) is 5.69 Å². The third-order valence-electron chi connectivity index (χ3n) is 6.83. The van der Waals surface area contributed by atoms with Gasteiger partial charge in [0.1, 0.15) is 11.6 Å². The maximum Gasteiger partial charge on any atom is 0.227 e. The molecule has 4 aromatic carbocycles. The summed E-state index contributed by atoms with van der Waals surface area (Å²) in [5.74, 6) is 2.03. The molecule has 0 radical (unpaired) electrons. The Morgan fingerprint density at radius 1 is 0.917 bits per heavy atom. The molecule has 1 unspecified atom stereocenters. The van der Waals surface area contributed by atoms with Crippen molar-refractivity contribution in [2.45, 2.75) is 25.3 Å². The van der Waals surface area contributed by atoms with Gasteiger partial charge in [-0.3, -0.25) is 4.79 Å². The Kier molecular flexibility index (Phi) is 6.20. The lowest BCUT2D eigenvalue weighted by Gasteiger charge is -2.19. The first kappa shape index (κ1) is 22.8. The Morgan fingerprint density at radius 3 is 2.58 bits per heavy atom. The lowest BCUT2D eigenvalue weighted by Crippen LogP contribution is -2.25. The van der Waals surface area contributed by atoms with Crippen molar-refractivity contribution in [1.82, 2.24) is 9.55 Å². The van der Waals surface area contributed by atoms with Gasteiger partial charge in [-0.25, -0.2) is 4.98 Å². The number of aryl methyl sites for hydroxylation is 1. The summed E-state index contributed by atoms with van der Waals surface area (Å²) in [7, 11) is 0. The number of fused-ring (bicyclic) bond motifs is 2. The summed E-state index contributed by atoms with van der Waals surface area (Å²) in [6.07, 6.45) is 1.30. The van der Waals surface area contributed by atoms with Crippen molar-refractivity contribution < 1.29 is 9.53 Å². The zero-order valence-corrected chi connectivity index (χ0v) is 21.4. The average molecular weight is 540 g/mol. The number of nitrogens with zero attached hydrogens (tertiary/aromatic N) is 3. The number of ether oxygens (including phenoxy) is 1. The van der Waals surface area contributed by atoms with E-state index >= 15 is 0 Å². The van der Waals surface area contributed by atoms with Gasteiger partial charge in [-0.05, 0) is 69.5 Å². The first-order valence-corrected chi connectivity index (χ1v) is 13.1. The summed E-state index contributed by atoms with van der Waals surface area (Å²) in [5.41, 5.74) is 2.98. The molecule has 0 spiro atoms. The smallest absolute Gasteiger partial charge is 0.227 e. The minimum Gasteiger partial charge on any atom is -0.494 e. The van der Waals surface area contributed by atoms with Gasteiger partial charge in [-0.2, -0.15) is 0 Å². The second kappa shape index (κ2) is 9.78. The number of anilines is 1. The highest BCUT2D eigenvalue weighted by atomic mass is 79.9. The molecule has 1 atom stereocenters. The minimum atomic E-state index is 0.0402. The molecule has 5 aromatic rings. The molecule has 1 amide bonds. The van der Waals surface area contributed by atoms with E-state index in [0.717, 1.165) is 45.7 Å². The van der Waals surface area contributed by atoms with E-state index < -0.39 is 0 Å². The predicted octanol–water partition coefficient (Wildman–Crippen LogP) is 6.94. The summed E-state index contributed by atoms with van der Waals surface area (Å²) in [5, 5.41) is 2.39. The van der Waals surface area contributed by atoms with Gasteiger partial charge in [0.15, 0.2) is 0 Å². The Hall–Kier alpha value is -3.64. The molecule has 0 N–H and O–H groups in total. The fraction of sp³-hybridized carbons (Fsp3) is 0.200. The normalized spacial score (nSPS) is 15.8. The number of amides is 1. The van der Waals surface area contributed by atoms with Crippen molar-refractivity contribution in [1.29, 1.82) is 0 Å². The third kappa shape index (κ3) is 4.37. The molecule has 5 nitrogen and oxygen atoms in total. The number of para-hydroxylation sites is 3. The van der Waals surface area contributed by atoms with E-state index in [4.69, 9.17) is 9.72 Å². The average Bonchev–Trinajstić information content (AvgIpc) is 3.47. The summed E-state index contributed by atoms with van der Waals surface area (Å²) in [4.78, 5) is 19.9. The van der Waals surface area contributed by atoms with Gasteiger partial charge in [0, 0.05) is 29.9 Å². The highest BCUT2D eigenvalue weighted by Gasteiger charge is 2.35. The second-order valence-electron chi connectivity index (χ2n) is 9.18. The first-order chi connectivity index (χ1) is 17.7. The van der Waals surface area contributed by atoms with Crippen LogP contribution in [-0.4, -0.2) is 28.6 Å². The molecule has 1 aromatic heterocycles. The summed E-state index contributed by atoms with van der Waals surface area (Å²) in [6, 6.07) is 30.6. The van der Waals surface area contributed by atoms with Gasteiger partial charge >= 0.3 is 0 Å². The topological polar surface area (TPSA) is 47.4 Å². The van der Waals surface area contributed by atoms with E-state index in [1.165, 1.54) is 10.8 Å². The molecule has 0 bridgehead atoms. The standard InChI is InChI=1S/C30H26BrN3O2/c31-25-10-3-5-12-27(25)34-20-23(19-29(34)35)30-32-26-11-4-6-13-28(26)33(30)16-7-17-36-24-15-14-21-8-1-2-9-22(21)18-24/h1-6,8-15,18,23H,7,16-17,19-20H2. The number of hydrogen-bond donors (Lipinski definition) is 0. The van der Waals surface area contributed by atoms with Crippen LogP contribution in [0.25, 0.3) is 21.8 Å². The number of carbonyl (C=O) groups is 1. The Morgan fingerprint density at radius 2 is 1.69 bits per heavy atom. The molecule has 1 saturated heterocycles. The zero-order valence-electron chi connectivity index (χ0n) is 19.8. The van der Waals surface area contributed by atoms with Gasteiger partial charge in [0.05, 0.1) is 23.3 Å². The largest absolute Gasteiger partial charge is 0.494 e. The van der Waals surface area contributed by atoms with Gasteiger partial charge in [0.25, 0.3) is 0 Å². The minimum absolute atomic E-state index is 0.0402. The van der Waals surface area contributed by atoms with E-state index in [1.54, 1.807) is 0 Å². The van der Waals surface area contributed by atoms with Gasteiger partial charge in [-0.15, -0.1) is 0 Å². The highest BCUT2D eigenvalue weighted by Crippen LogP contribution is 2.36. The molecule has 1 aliphatic heterocycles. The van der Waals surface area contributed by atoms with E-state index in [-0.39, 0.29) is 11.8 Å². The zero-order chi connectivity index (χ0) is 24.5. The monoisotopic (exact) mass is 539 g/mol. The molecule has 1 aliphatic rings. The van der Waals surface area contributed by atoms with E-state index in [1.807, 2.05) is 65.6 Å². The Balaban J connectivity index is 1.20. The van der Waals surface area contributed by atoms with Gasteiger partial charge < -0.3 is 14.2 Å². The molecule has 2 heterocycles. The van der Waals surface area contributed by atoms with Crippen molar-refractivity contribution in [2.24, 2.45) is 0 Å². The number of halogens is 1. The molecule has 1 fully saturated rings. The number of imidazole rings is 1. The maximum absolute atomic E-state index is 13.0. The molecule has 6 heteroatoms. The Bertz CT molecular complexity index is 1560. The summed E-state index contributed by atoms with van der Waals surface area (Å²) in [6.45, 7) is 2.01. The van der Waals surface area contributed by atoms with Gasteiger partial charge in [-0.1, -0.05) is 54.6 Å². The van der Waals surface area contributed by atoms with Crippen LogP contribution >= 0.6 is 15.9 Å². The van der Waals surface area contributed by atoms with Crippen molar-refractivity contribution in [3.05, 3.63) is 101 Å². The lowest BCUT2D eigenvalue weighted by molar-refractivity contribution is -0.117. The number of carbonyl (C=O) groups excluding carboxylic acids is 1. The molecule has 180 valence electrons. The third-order valence-corrected chi connectivity index (χ3v) is 7.50. The van der Waals surface area contributed by atoms with Crippen molar-refractivity contribution in [3.8, 4) is 5.75 Å². The fourth-order valence-corrected chi connectivity index (χ4v) is 5.59. The molecular formula is C30H26BrN3O2. The molecule has 36 heavy (non-hydrogen) atoms. The van der Waals surface area contributed by atoms with E-state index in [0.29, 0.717) is 19.6 Å². The van der Waals surface area contributed by atoms with Crippen molar-refractivity contribution in [2.75, 3.05) is 18.1 Å². The van der Waals surface area contributed by atoms with Crippen molar-refractivity contribution in [3.63, 3.8) is 0 Å². The number of aromatic nitrogens is 2. The van der Waals surface area contributed by atoms with Crippen LogP contribution in [0.5, 0.6) is 5.75 Å². The van der Waals surface area contributed by atoms with Crippen LogP contribution in [0, 0.1) is 0 Å². The fourth-order valence-electron chi connectivity index (χ4n) is 5.09. The number of hydrogen-bond acceptors (Lipinski definition) is 3. The van der Waals surface area contributed by atoms with E-state index in [9.17, 15) is 4.79 Å². The van der Waals surface area contributed by atoms with Crippen LogP contribution in [0.15, 0.2) is 95.5 Å². The molecule has 0 saturated carbocycles. The Labute approximate surface area is 218 Å². The first-order valence-electron chi connectivity index (χ1n) is 12.3. The van der Waals surface area contributed by atoms with Crippen LogP contribution in [-0.2, 0) is 11.3 Å².